The Morgan fingerprint density at radius 1 is 0.793 bits per heavy atom. The summed E-state index contributed by atoms with van der Waals surface area (Å²) in [5, 5.41) is 5.75. The van der Waals surface area contributed by atoms with Gasteiger partial charge in [0.25, 0.3) is 5.91 Å². The standard InChI is InChI=1S/C24H25N3O2/c1-16(2)22(17-8-4-3-5-9-17)24(29)26-19-14-12-18(13-15-19)23(28)27-21-11-7-6-10-20(21)25/h3-16,22H,25H2,1-2H3,(H,26,29)(H,27,28)/t22-/m0/s1. The van der Waals surface area contributed by atoms with Crippen LogP contribution in [0.2, 0.25) is 0 Å². The number of amides is 2. The van der Waals surface area contributed by atoms with E-state index in [4.69, 9.17) is 5.73 Å². The fraction of sp³-hybridized carbons (Fsp3) is 0.167. The van der Waals surface area contributed by atoms with Crippen LogP contribution in [-0.4, -0.2) is 11.8 Å². The molecule has 3 aromatic carbocycles. The van der Waals surface area contributed by atoms with E-state index >= 15 is 0 Å². The third kappa shape index (κ3) is 5.02. The van der Waals surface area contributed by atoms with Crippen LogP contribution < -0.4 is 16.4 Å². The molecule has 0 heterocycles. The van der Waals surface area contributed by atoms with Crippen molar-refractivity contribution in [1.29, 1.82) is 0 Å². The number of para-hydroxylation sites is 2. The third-order valence-corrected chi connectivity index (χ3v) is 4.73. The molecule has 3 aromatic rings. The molecule has 29 heavy (non-hydrogen) atoms. The van der Waals surface area contributed by atoms with Gasteiger partial charge in [-0.3, -0.25) is 9.59 Å². The number of rotatable bonds is 6. The summed E-state index contributed by atoms with van der Waals surface area (Å²) in [5.74, 6) is -0.426. The zero-order chi connectivity index (χ0) is 20.8. The number of benzene rings is 3. The van der Waals surface area contributed by atoms with Crippen LogP contribution in [0, 0.1) is 5.92 Å². The number of anilines is 3. The van der Waals surface area contributed by atoms with Crippen LogP contribution in [0.25, 0.3) is 0 Å². The van der Waals surface area contributed by atoms with Crippen molar-refractivity contribution in [3.05, 3.63) is 90.0 Å². The number of nitrogens with one attached hydrogen (secondary N) is 2. The summed E-state index contributed by atoms with van der Waals surface area (Å²) in [6.07, 6.45) is 0. The number of nitrogens with two attached hydrogens (primary N) is 1. The minimum absolute atomic E-state index is 0.0690. The van der Waals surface area contributed by atoms with Crippen molar-refractivity contribution in [3.63, 3.8) is 0 Å². The average molecular weight is 387 g/mol. The van der Waals surface area contributed by atoms with Crippen LogP contribution in [0.15, 0.2) is 78.9 Å². The van der Waals surface area contributed by atoms with Gasteiger partial charge < -0.3 is 16.4 Å². The van der Waals surface area contributed by atoms with Gasteiger partial charge in [0.1, 0.15) is 0 Å². The van der Waals surface area contributed by atoms with E-state index in [1.165, 1.54) is 0 Å². The summed E-state index contributed by atoms with van der Waals surface area (Å²) in [7, 11) is 0. The molecule has 5 nitrogen and oxygen atoms in total. The first-order chi connectivity index (χ1) is 14.0. The summed E-state index contributed by atoms with van der Waals surface area (Å²) in [6.45, 7) is 4.06. The monoisotopic (exact) mass is 387 g/mol. The van der Waals surface area contributed by atoms with Gasteiger partial charge >= 0.3 is 0 Å². The second-order valence-electron chi connectivity index (χ2n) is 7.24. The summed E-state index contributed by atoms with van der Waals surface area (Å²) in [5.41, 5.74) is 9.05. The van der Waals surface area contributed by atoms with E-state index in [2.05, 4.69) is 10.6 Å². The maximum absolute atomic E-state index is 12.8. The molecular formula is C24H25N3O2. The van der Waals surface area contributed by atoms with Crippen molar-refractivity contribution in [2.45, 2.75) is 19.8 Å². The minimum Gasteiger partial charge on any atom is -0.397 e. The van der Waals surface area contributed by atoms with Crippen molar-refractivity contribution < 1.29 is 9.59 Å². The van der Waals surface area contributed by atoms with Crippen molar-refractivity contribution in [1.82, 2.24) is 0 Å². The highest BCUT2D eigenvalue weighted by Crippen LogP contribution is 2.26. The van der Waals surface area contributed by atoms with E-state index < -0.39 is 0 Å². The Balaban J connectivity index is 1.69. The zero-order valence-electron chi connectivity index (χ0n) is 16.6. The first-order valence-electron chi connectivity index (χ1n) is 9.57. The highest BCUT2D eigenvalue weighted by Gasteiger charge is 2.24. The number of nitrogen functional groups attached to an aromatic ring is 1. The minimum atomic E-state index is -0.259. The van der Waals surface area contributed by atoms with Gasteiger partial charge in [-0.05, 0) is 47.9 Å². The molecule has 5 heteroatoms. The molecule has 0 aliphatic rings. The van der Waals surface area contributed by atoms with Gasteiger partial charge in [0.05, 0.1) is 17.3 Å². The molecule has 2 amide bonds. The molecular weight excluding hydrogens is 362 g/mol. The van der Waals surface area contributed by atoms with Crippen molar-refractivity contribution in [2.24, 2.45) is 5.92 Å². The topological polar surface area (TPSA) is 84.2 Å². The predicted molar refractivity (Wildman–Crippen MR) is 118 cm³/mol. The number of carbonyl (C=O) groups is 2. The van der Waals surface area contributed by atoms with E-state index in [0.717, 1.165) is 5.56 Å². The molecule has 0 unspecified atom stereocenters. The van der Waals surface area contributed by atoms with E-state index in [-0.39, 0.29) is 23.7 Å². The summed E-state index contributed by atoms with van der Waals surface area (Å²) < 4.78 is 0. The van der Waals surface area contributed by atoms with Crippen LogP contribution in [0.5, 0.6) is 0 Å². The van der Waals surface area contributed by atoms with Gasteiger partial charge in [0.2, 0.25) is 5.91 Å². The summed E-state index contributed by atoms with van der Waals surface area (Å²) >= 11 is 0. The molecule has 0 saturated carbocycles. The Labute approximate surface area is 170 Å². The maximum Gasteiger partial charge on any atom is 0.255 e. The molecule has 0 saturated heterocycles. The van der Waals surface area contributed by atoms with Gasteiger partial charge in [0.15, 0.2) is 0 Å². The first-order valence-corrected chi connectivity index (χ1v) is 9.57. The van der Waals surface area contributed by atoms with Crippen LogP contribution in [0.4, 0.5) is 17.1 Å². The van der Waals surface area contributed by atoms with E-state index in [1.54, 1.807) is 36.4 Å². The van der Waals surface area contributed by atoms with Crippen LogP contribution in [0.1, 0.15) is 35.7 Å². The number of carbonyl (C=O) groups excluding carboxylic acids is 2. The molecule has 0 radical (unpaired) electrons. The molecule has 0 fully saturated rings. The lowest BCUT2D eigenvalue weighted by atomic mass is 9.87. The lowest BCUT2D eigenvalue weighted by molar-refractivity contribution is -0.118. The summed E-state index contributed by atoms with van der Waals surface area (Å²) in [6, 6.07) is 23.6. The molecule has 0 bridgehead atoms. The van der Waals surface area contributed by atoms with E-state index in [1.807, 2.05) is 56.3 Å². The maximum atomic E-state index is 12.8. The lowest BCUT2D eigenvalue weighted by Gasteiger charge is -2.21. The molecule has 0 aromatic heterocycles. The van der Waals surface area contributed by atoms with Crippen LogP contribution in [0.3, 0.4) is 0 Å². The van der Waals surface area contributed by atoms with Crippen molar-refractivity contribution in [3.8, 4) is 0 Å². The second-order valence-corrected chi connectivity index (χ2v) is 7.24. The Hall–Kier alpha value is -3.60. The molecule has 0 spiro atoms. The SMILES string of the molecule is CC(C)[C@H](C(=O)Nc1ccc(C(=O)Nc2ccccc2N)cc1)c1ccccc1. The van der Waals surface area contributed by atoms with Gasteiger partial charge in [-0.25, -0.2) is 0 Å². The van der Waals surface area contributed by atoms with Crippen LogP contribution >= 0.6 is 0 Å². The molecule has 0 aliphatic heterocycles. The third-order valence-electron chi connectivity index (χ3n) is 4.73. The Morgan fingerprint density at radius 3 is 2.03 bits per heavy atom. The molecule has 4 N–H and O–H groups in total. The highest BCUT2D eigenvalue weighted by atomic mass is 16.2. The van der Waals surface area contributed by atoms with Gasteiger partial charge in [-0.2, -0.15) is 0 Å². The van der Waals surface area contributed by atoms with Crippen LogP contribution in [-0.2, 0) is 4.79 Å². The van der Waals surface area contributed by atoms with Gasteiger partial charge in [0, 0.05) is 11.3 Å². The molecule has 0 aliphatic carbocycles. The first kappa shape index (κ1) is 20.1. The Morgan fingerprint density at radius 2 is 1.41 bits per heavy atom. The predicted octanol–water partition coefficient (Wildman–Crippen LogP) is 4.90. The number of hydrogen-bond donors (Lipinski definition) is 3. The summed E-state index contributed by atoms with van der Waals surface area (Å²) in [4.78, 5) is 25.3. The molecule has 148 valence electrons. The normalized spacial score (nSPS) is 11.7. The molecule has 1 atom stereocenters. The Kier molecular flexibility index (Phi) is 6.29. The van der Waals surface area contributed by atoms with Crippen molar-refractivity contribution >= 4 is 28.9 Å². The fourth-order valence-electron chi connectivity index (χ4n) is 3.23. The molecule has 3 rings (SSSR count). The fourth-order valence-corrected chi connectivity index (χ4v) is 3.23. The smallest absolute Gasteiger partial charge is 0.255 e. The van der Waals surface area contributed by atoms with Crippen molar-refractivity contribution in [2.75, 3.05) is 16.4 Å². The van der Waals surface area contributed by atoms with E-state index in [9.17, 15) is 9.59 Å². The average Bonchev–Trinajstić information content (AvgIpc) is 2.71. The quantitative estimate of drug-likeness (QED) is 0.526. The van der Waals surface area contributed by atoms with Gasteiger partial charge in [-0.15, -0.1) is 0 Å². The Bertz CT molecular complexity index is 983. The van der Waals surface area contributed by atoms with E-state index in [0.29, 0.717) is 22.6 Å². The second kappa shape index (κ2) is 9.06. The zero-order valence-corrected chi connectivity index (χ0v) is 16.6. The largest absolute Gasteiger partial charge is 0.397 e. The van der Waals surface area contributed by atoms with Gasteiger partial charge in [-0.1, -0.05) is 56.3 Å². The lowest BCUT2D eigenvalue weighted by Crippen LogP contribution is -2.25. The highest BCUT2D eigenvalue weighted by molar-refractivity contribution is 6.06. The number of hydrogen-bond acceptors (Lipinski definition) is 3.